The highest BCUT2D eigenvalue weighted by molar-refractivity contribution is 7.89. The Hall–Kier alpha value is -2.30. The molecule has 0 aliphatic carbocycles. The van der Waals surface area contributed by atoms with Gasteiger partial charge in [0.25, 0.3) is 0 Å². The summed E-state index contributed by atoms with van der Waals surface area (Å²) >= 11 is 5.82. The number of hydrogen-bond donors (Lipinski definition) is 2. The Bertz CT molecular complexity index is 981. The molecule has 0 aliphatic heterocycles. The van der Waals surface area contributed by atoms with E-state index in [0.29, 0.717) is 0 Å². The van der Waals surface area contributed by atoms with E-state index in [9.17, 15) is 26.4 Å². The third-order valence-electron chi connectivity index (χ3n) is 3.60. The van der Waals surface area contributed by atoms with Crippen LogP contribution < -0.4 is 14.8 Å². The molecule has 0 aliphatic rings. The molecule has 0 spiro atoms. The lowest BCUT2D eigenvalue weighted by Gasteiger charge is -2.16. The van der Waals surface area contributed by atoms with Gasteiger partial charge in [-0.25, -0.2) is 8.42 Å². The third-order valence-corrected chi connectivity index (χ3v) is 5.39. The fourth-order valence-electron chi connectivity index (χ4n) is 2.23. The number of anilines is 1. The van der Waals surface area contributed by atoms with Gasteiger partial charge < -0.3 is 10.1 Å². The molecule has 0 radical (unpaired) electrons. The van der Waals surface area contributed by atoms with E-state index >= 15 is 0 Å². The van der Waals surface area contributed by atoms with Crippen LogP contribution in [0.5, 0.6) is 5.75 Å². The van der Waals surface area contributed by atoms with Crippen LogP contribution in [0, 0.1) is 0 Å². The van der Waals surface area contributed by atoms with Crippen molar-refractivity contribution in [2.75, 3.05) is 12.4 Å². The quantitative estimate of drug-likeness (QED) is 0.723. The van der Waals surface area contributed by atoms with Crippen LogP contribution in [-0.2, 0) is 21.0 Å². The van der Waals surface area contributed by atoms with Crippen LogP contribution in [0.4, 0.5) is 18.9 Å². The van der Waals surface area contributed by atoms with Gasteiger partial charge in [0.05, 0.1) is 18.7 Å². The van der Waals surface area contributed by atoms with Crippen LogP contribution in [0.15, 0.2) is 47.4 Å². The Balaban J connectivity index is 2.17. The van der Waals surface area contributed by atoms with Crippen molar-refractivity contribution in [2.24, 2.45) is 0 Å². The molecule has 11 heteroatoms. The van der Waals surface area contributed by atoms with E-state index in [4.69, 9.17) is 16.3 Å². The van der Waals surface area contributed by atoms with Gasteiger partial charge in [0, 0.05) is 10.7 Å². The third kappa shape index (κ3) is 5.37. The maximum atomic E-state index is 12.8. The summed E-state index contributed by atoms with van der Waals surface area (Å²) in [5.74, 6) is -0.828. The number of methoxy groups -OCH3 is 1. The van der Waals surface area contributed by atoms with Gasteiger partial charge in [-0.2, -0.15) is 17.9 Å². The highest BCUT2D eigenvalue weighted by Gasteiger charge is 2.31. The smallest absolute Gasteiger partial charge is 0.416 e. The number of alkyl halides is 3. The second kappa shape index (κ2) is 8.38. The summed E-state index contributed by atoms with van der Waals surface area (Å²) in [7, 11) is -2.92. The van der Waals surface area contributed by atoms with E-state index in [2.05, 4.69) is 10.0 Å². The van der Waals surface area contributed by atoms with Crippen molar-refractivity contribution in [1.82, 2.24) is 4.72 Å². The van der Waals surface area contributed by atoms with Gasteiger partial charge in [-0.1, -0.05) is 17.7 Å². The van der Waals surface area contributed by atoms with E-state index in [1.807, 2.05) is 0 Å². The number of ether oxygens (including phenoxy) is 1. The second-order valence-corrected chi connectivity index (χ2v) is 7.82. The van der Waals surface area contributed by atoms with Crippen molar-refractivity contribution < 1.29 is 31.1 Å². The minimum atomic E-state index is -4.57. The standard InChI is InChI=1S/C17H16ClF3N2O4S/c1-10(16(24)22-13-5-3-4-11(8-13)17(19,20)21)23-28(25,26)15-9-12(18)6-7-14(15)27-2/h3-10,23H,1-2H3,(H,22,24)/t10-/m0/s1. The number of amides is 1. The van der Waals surface area contributed by atoms with Crippen LogP contribution in [-0.4, -0.2) is 27.5 Å². The van der Waals surface area contributed by atoms with Crippen molar-refractivity contribution in [3.8, 4) is 5.75 Å². The average Bonchev–Trinajstić information content (AvgIpc) is 2.60. The lowest BCUT2D eigenvalue weighted by Crippen LogP contribution is -2.41. The Labute approximate surface area is 164 Å². The van der Waals surface area contributed by atoms with Gasteiger partial charge in [0.1, 0.15) is 10.6 Å². The molecule has 0 saturated heterocycles. The first kappa shape index (κ1) is 22.0. The number of benzene rings is 2. The van der Waals surface area contributed by atoms with Crippen LogP contribution in [0.2, 0.25) is 5.02 Å². The summed E-state index contributed by atoms with van der Waals surface area (Å²) in [6.07, 6.45) is -4.57. The number of rotatable bonds is 6. The number of hydrogen-bond acceptors (Lipinski definition) is 4. The number of sulfonamides is 1. The van der Waals surface area contributed by atoms with E-state index in [1.54, 1.807) is 0 Å². The molecule has 2 rings (SSSR count). The molecule has 0 saturated carbocycles. The molecule has 0 unspecified atom stereocenters. The van der Waals surface area contributed by atoms with Gasteiger partial charge >= 0.3 is 6.18 Å². The van der Waals surface area contributed by atoms with Crippen molar-refractivity contribution in [2.45, 2.75) is 24.0 Å². The highest BCUT2D eigenvalue weighted by atomic mass is 35.5. The van der Waals surface area contributed by atoms with E-state index in [-0.39, 0.29) is 21.4 Å². The maximum Gasteiger partial charge on any atom is 0.416 e. The minimum absolute atomic E-state index is 0.0161. The molecule has 2 aromatic rings. The zero-order valence-electron chi connectivity index (χ0n) is 14.7. The Kier molecular flexibility index (Phi) is 6.58. The normalized spacial score (nSPS) is 13.1. The van der Waals surface area contributed by atoms with Crippen LogP contribution >= 0.6 is 11.6 Å². The van der Waals surface area contributed by atoms with Gasteiger partial charge in [0.2, 0.25) is 15.9 Å². The number of halogens is 4. The molecule has 1 amide bonds. The molecule has 2 aromatic carbocycles. The fourth-order valence-corrected chi connectivity index (χ4v) is 3.87. The first-order valence-corrected chi connectivity index (χ1v) is 9.64. The molecule has 28 heavy (non-hydrogen) atoms. The summed E-state index contributed by atoms with van der Waals surface area (Å²) in [6.45, 7) is 1.25. The first-order valence-electron chi connectivity index (χ1n) is 7.78. The topological polar surface area (TPSA) is 84.5 Å². The molecule has 1 atom stereocenters. The molecule has 0 heterocycles. The number of carbonyl (C=O) groups is 1. The molecule has 0 aromatic heterocycles. The Morgan fingerprint density at radius 2 is 1.86 bits per heavy atom. The zero-order valence-corrected chi connectivity index (χ0v) is 16.2. The zero-order chi connectivity index (χ0) is 21.1. The fraction of sp³-hybridized carbons (Fsp3) is 0.235. The second-order valence-electron chi connectivity index (χ2n) is 5.71. The minimum Gasteiger partial charge on any atom is -0.495 e. The molecule has 152 valence electrons. The van der Waals surface area contributed by atoms with E-state index < -0.39 is 33.7 Å². The summed E-state index contributed by atoms with van der Waals surface area (Å²) in [5, 5.41) is 2.39. The van der Waals surface area contributed by atoms with Crippen molar-refractivity contribution in [3.63, 3.8) is 0 Å². The number of carbonyl (C=O) groups excluding carboxylic acids is 1. The summed E-state index contributed by atoms with van der Waals surface area (Å²) in [4.78, 5) is 12.0. The van der Waals surface area contributed by atoms with Gasteiger partial charge in [-0.3, -0.25) is 4.79 Å². The van der Waals surface area contributed by atoms with E-state index in [0.717, 1.165) is 24.3 Å². The molecular weight excluding hydrogens is 421 g/mol. The molecule has 2 N–H and O–H groups in total. The highest BCUT2D eigenvalue weighted by Crippen LogP contribution is 2.31. The molecular formula is C17H16ClF3N2O4S. The molecule has 0 bridgehead atoms. The number of nitrogens with one attached hydrogen (secondary N) is 2. The van der Waals surface area contributed by atoms with E-state index in [1.165, 1.54) is 32.2 Å². The molecule has 0 fully saturated rings. The predicted octanol–water partition coefficient (Wildman–Crippen LogP) is 3.67. The van der Waals surface area contributed by atoms with Crippen LogP contribution in [0.3, 0.4) is 0 Å². The SMILES string of the molecule is COc1ccc(Cl)cc1S(=O)(=O)N[C@@H](C)C(=O)Nc1cccc(C(F)(F)F)c1. The molecule has 6 nitrogen and oxygen atoms in total. The summed E-state index contributed by atoms with van der Waals surface area (Å²) in [5.41, 5.74) is -1.06. The van der Waals surface area contributed by atoms with Gasteiger partial charge in [0.15, 0.2) is 0 Å². The maximum absolute atomic E-state index is 12.8. The average molecular weight is 437 g/mol. The summed E-state index contributed by atoms with van der Waals surface area (Å²) in [6, 6.07) is 6.64. The lowest BCUT2D eigenvalue weighted by molar-refractivity contribution is -0.137. The summed E-state index contributed by atoms with van der Waals surface area (Å²) < 4.78 is 70.5. The van der Waals surface area contributed by atoms with Crippen molar-refractivity contribution >= 4 is 33.2 Å². The van der Waals surface area contributed by atoms with Crippen molar-refractivity contribution in [1.29, 1.82) is 0 Å². The first-order chi connectivity index (χ1) is 12.9. The van der Waals surface area contributed by atoms with Crippen LogP contribution in [0.1, 0.15) is 12.5 Å². The lowest BCUT2D eigenvalue weighted by atomic mass is 10.2. The Morgan fingerprint density at radius 1 is 1.18 bits per heavy atom. The van der Waals surface area contributed by atoms with Crippen LogP contribution in [0.25, 0.3) is 0 Å². The Morgan fingerprint density at radius 3 is 2.46 bits per heavy atom. The monoisotopic (exact) mass is 436 g/mol. The largest absolute Gasteiger partial charge is 0.495 e. The van der Waals surface area contributed by atoms with Gasteiger partial charge in [-0.05, 0) is 43.3 Å². The predicted molar refractivity (Wildman–Crippen MR) is 97.9 cm³/mol. The van der Waals surface area contributed by atoms with Crippen molar-refractivity contribution in [3.05, 3.63) is 53.1 Å². The van der Waals surface area contributed by atoms with Gasteiger partial charge in [-0.15, -0.1) is 0 Å².